The van der Waals surface area contributed by atoms with Crippen molar-refractivity contribution in [2.45, 2.75) is 33.7 Å². The molecule has 0 atom stereocenters. The average Bonchev–Trinajstić information content (AvgIpc) is 2.96. The number of nitrogens with zero attached hydrogens (tertiary/aromatic N) is 1. The van der Waals surface area contributed by atoms with Crippen molar-refractivity contribution in [2.75, 3.05) is 11.9 Å². The number of carbonyl (C=O) groups excluding carboxylic acids is 2. The number of benzene rings is 2. The molecule has 0 unspecified atom stereocenters. The second-order valence-electron chi connectivity index (χ2n) is 6.84. The van der Waals surface area contributed by atoms with Crippen LogP contribution in [0.1, 0.15) is 23.1 Å². The van der Waals surface area contributed by atoms with Crippen molar-refractivity contribution < 1.29 is 14.0 Å². The summed E-state index contributed by atoms with van der Waals surface area (Å²) in [4.78, 5) is 36.2. The highest BCUT2D eigenvalue weighted by Crippen LogP contribution is 2.21. The number of carbonyl (C=O) groups is 2. The third-order valence-corrected chi connectivity index (χ3v) is 4.52. The summed E-state index contributed by atoms with van der Waals surface area (Å²) in [6, 6.07) is 11.0. The first-order valence-corrected chi connectivity index (χ1v) is 9.08. The molecule has 0 saturated heterocycles. The second kappa shape index (κ2) is 8.12. The van der Waals surface area contributed by atoms with Crippen LogP contribution in [0.4, 0.5) is 5.69 Å². The molecule has 146 valence electrons. The van der Waals surface area contributed by atoms with Gasteiger partial charge in [0.25, 0.3) is 0 Å². The minimum Gasteiger partial charge on any atom is -0.408 e. The van der Waals surface area contributed by atoms with Gasteiger partial charge in [-0.05, 0) is 44.0 Å². The van der Waals surface area contributed by atoms with Gasteiger partial charge in [0.1, 0.15) is 0 Å². The summed E-state index contributed by atoms with van der Waals surface area (Å²) in [5.41, 5.74) is 4.97. The van der Waals surface area contributed by atoms with Crippen LogP contribution in [-0.4, -0.2) is 22.9 Å². The van der Waals surface area contributed by atoms with Gasteiger partial charge in [-0.1, -0.05) is 29.8 Å². The highest BCUT2D eigenvalue weighted by molar-refractivity contribution is 5.95. The highest BCUT2D eigenvalue weighted by atomic mass is 16.4. The number of rotatable bonds is 6. The lowest BCUT2D eigenvalue weighted by atomic mass is 10.1. The van der Waals surface area contributed by atoms with Gasteiger partial charge in [-0.25, -0.2) is 4.79 Å². The first-order valence-electron chi connectivity index (χ1n) is 9.08. The Balaban J connectivity index is 1.54. The van der Waals surface area contributed by atoms with Gasteiger partial charge in [-0.3, -0.25) is 14.2 Å². The molecule has 7 nitrogen and oxygen atoms in total. The fourth-order valence-electron chi connectivity index (χ4n) is 3.27. The normalized spacial score (nSPS) is 10.8. The zero-order chi connectivity index (χ0) is 20.3. The number of oxazole rings is 1. The molecule has 1 heterocycles. The van der Waals surface area contributed by atoms with Gasteiger partial charge in [0, 0.05) is 18.7 Å². The van der Waals surface area contributed by atoms with E-state index in [9.17, 15) is 14.4 Å². The molecule has 0 spiro atoms. The van der Waals surface area contributed by atoms with Crippen LogP contribution in [-0.2, 0) is 16.1 Å². The molecule has 2 aromatic carbocycles. The number of amides is 2. The topological polar surface area (TPSA) is 93.3 Å². The van der Waals surface area contributed by atoms with Gasteiger partial charge >= 0.3 is 5.76 Å². The van der Waals surface area contributed by atoms with E-state index in [1.54, 1.807) is 24.3 Å². The Morgan fingerprint density at radius 2 is 1.71 bits per heavy atom. The van der Waals surface area contributed by atoms with E-state index in [0.29, 0.717) is 11.1 Å². The minimum atomic E-state index is -0.503. The standard InChI is InChI=1S/C21H23N3O4/c1-13-10-14(2)20(15(3)11-13)23-19(26)12-22-18(25)8-9-24-16-6-4-5-7-17(16)28-21(24)27/h4-7,10-11H,8-9,12H2,1-3H3,(H,22,25)(H,23,26). The largest absolute Gasteiger partial charge is 0.419 e. The van der Waals surface area contributed by atoms with Gasteiger partial charge < -0.3 is 15.1 Å². The molecular formula is C21H23N3O4. The van der Waals surface area contributed by atoms with E-state index in [4.69, 9.17) is 4.42 Å². The third-order valence-electron chi connectivity index (χ3n) is 4.52. The van der Waals surface area contributed by atoms with Crippen LogP contribution in [0.25, 0.3) is 11.1 Å². The molecule has 0 aliphatic rings. The lowest BCUT2D eigenvalue weighted by Crippen LogP contribution is -2.34. The molecule has 2 amide bonds. The molecule has 0 saturated carbocycles. The maximum Gasteiger partial charge on any atom is 0.419 e. The van der Waals surface area contributed by atoms with E-state index in [1.807, 2.05) is 32.9 Å². The summed E-state index contributed by atoms with van der Waals surface area (Å²) in [6.45, 7) is 5.91. The summed E-state index contributed by atoms with van der Waals surface area (Å²) in [7, 11) is 0. The fourth-order valence-corrected chi connectivity index (χ4v) is 3.27. The molecule has 3 rings (SSSR count). The molecule has 3 aromatic rings. The maximum atomic E-state index is 12.2. The van der Waals surface area contributed by atoms with Crippen molar-refractivity contribution in [1.29, 1.82) is 0 Å². The molecule has 0 radical (unpaired) electrons. The first-order chi connectivity index (χ1) is 13.3. The second-order valence-corrected chi connectivity index (χ2v) is 6.84. The fraction of sp³-hybridized carbons (Fsp3) is 0.286. The summed E-state index contributed by atoms with van der Waals surface area (Å²) in [6.07, 6.45) is 0.0688. The van der Waals surface area contributed by atoms with Crippen LogP contribution in [0.5, 0.6) is 0 Å². The number of para-hydroxylation sites is 2. The molecule has 2 N–H and O–H groups in total. The zero-order valence-electron chi connectivity index (χ0n) is 16.2. The van der Waals surface area contributed by atoms with Crippen molar-refractivity contribution in [1.82, 2.24) is 9.88 Å². The lowest BCUT2D eigenvalue weighted by molar-refractivity contribution is -0.124. The number of aryl methyl sites for hydroxylation is 4. The first kappa shape index (κ1) is 19.4. The van der Waals surface area contributed by atoms with Crippen LogP contribution in [0.2, 0.25) is 0 Å². The zero-order valence-corrected chi connectivity index (χ0v) is 16.2. The Bertz CT molecular complexity index is 1070. The Morgan fingerprint density at radius 1 is 1.04 bits per heavy atom. The van der Waals surface area contributed by atoms with E-state index < -0.39 is 5.76 Å². The molecule has 0 aliphatic heterocycles. The predicted octanol–water partition coefficient (Wildman–Crippen LogP) is 2.66. The van der Waals surface area contributed by atoms with Crippen LogP contribution < -0.4 is 16.4 Å². The molecule has 28 heavy (non-hydrogen) atoms. The Labute approximate surface area is 162 Å². The predicted molar refractivity (Wildman–Crippen MR) is 107 cm³/mol. The van der Waals surface area contributed by atoms with E-state index in [1.165, 1.54) is 4.57 Å². The quantitative estimate of drug-likeness (QED) is 0.686. The number of hydrogen-bond donors (Lipinski definition) is 2. The average molecular weight is 381 g/mol. The van der Waals surface area contributed by atoms with E-state index in [-0.39, 0.29) is 31.3 Å². The maximum absolute atomic E-state index is 12.2. The van der Waals surface area contributed by atoms with Gasteiger partial charge in [0.05, 0.1) is 12.1 Å². The van der Waals surface area contributed by atoms with Gasteiger partial charge in [0.15, 0.2) is 5.58 Å². The van der Waals surface area contributed by atoms with Crippen molar-refractivity contribution in [2.24, 2.45) is 0 Å². The Kier molecular flexibility index (Phi) is 5.63. The molecular weight excluding hydrogens is 358 g/mol. The Hall–Kier alpha value is -3.35. The third kappa shape index (κ3) is 4.31. The van der Waals surface area contributed by atoms with Crippen LogP contribution in [0, 0.1) is 20.8 Å². The number of nitrogens with one attached hydrogen (secondary N) is 2. The van der Waals surface area contributed by atoms with Gasteiger partial charge in [-0.2, -0.15) is 0 Å². The summed E-state index contributed by atoms with van der Waals surface area (Å²) >= 11 is 0. The SMILES string of the molecule is Cc1cc(C)c(NC(=O)CNC(=O)CCn2c(=O)oc3ccccc32)c(C)c1. The molecule has 7 heteroatoms. The minimum absolute atomic E-state index is 0.0688. The molecule has 0 fully saturated rings. The van der Waals surface area contributed by atoms with E-state index in [2.05, 4.69) is 10.6 Å². The number of hydrogen-bond acceptors (Lipinski definition) is 4. The van der Waals surface area contributed by atoms with Crippen molar-refractivity contribution in [3.63, 3.8) is 0 Å². The van der Waals surface area contributed by atoms with E-state index in [0.717, 1.165) is 22.4 Å². The number of aromatic nitrogens is 1. The van der Waals surface area contributed by atoms with E-state index >= 15 is 0 Å². The molecule has 1 aromatic heterocycles. The molecule has 0 bridgehead atoms. The Morgan fingerprint density at radius 3 is 2.43 bits per heavy atom. The summed E-state index contributed by atoms with van der Waals surface area (Å²) in [5, 5.41) is 5.43. The smallest absolute Gasteiger partial charge is 0.408 e. The summed E-state index contributed by atoms with van der Waals surface area (Å²) in [5.74, 6) is -1.11. The summed E-state index contributed by atoms with van der Waals surface area (Å²) < 4.78 is 6.55. The van der Waals surface area contributed by atoms with Crippen LogP contribution in [0.15, 0.2) is 45.6 Å². The van der Waals surface area contributed by atoms with Gasteiger partial charge in [0.2, 0.25) is 11.8 Å². The number of anilines is 1. The highest BCUT2D eigenvalue weighted by Gasteiger charge is 2.12. The van der Waals surface area contributed by atoms with Gasteiger partial charge in [-0.15, -0.1) is 0 Å². The van der Waals surface area contributed by atoms with Crippen molar-refractivity contribution >= 4 is 28.6 Å². The van der Waals surface area contributed by atoms with Crippen LogP contribution >= 0.6 is 0 Å². The van der Waals surface area contributed by atoms with Crippen molar-refractivity contribution in [3.05, 3.63) is 63.6 Å². The molecule has 0 aliphatic carbocycles. The van der Waals surface area contributed by atoms with Crippen molar-refractivity contribution in [3.8, 4) is 0 Å². The number of fused-ring (bicyclic) bond motifs is 1. The lowest BCUT2D eigenvalue weighted by Gasteiger charge is -2.13. The monoisotopic (exact) mass is 381 g/mol. The van der Waals surface area contributed by atoms with Crippen LogP contribution in [0.3, 0.4) is 0 Å².